The lowest BCUT2D eigenvalue weighted by Gasteiger charge is -2.15. The van der Waals surface area contributed by atoms with Gasteiger partial charge in [0, 0.05) is 11.6 Å². The number of carbonyl (C=O) groups is 1. The van der Waals surface area contributed by atoms with E-state index in [1.807, 2.05) is 18.2 Å². The van der Waals surface area contributed by atoms with Crippen LogP contribution in [0.1, 0.15) is 29.6 Å². The molecule has 0 radical (unpaired) electrons. The minimum atomic E-state index is -0.0762. The fourth-order valence-corrected chi connectivity index (χ4v) is 2.13. The van der Waals surface area contributed by atoms with Crippen molar-refractivity contribution in [3.63, 3.8) is 0 Å². The van der Waals surface area contributed by atoms with Gasteiger partial charge in [0.2, 0.25) is 0 Å². The van der Waals surface area contributed by atoms with Gasteiger partial charge in [0.25, 0.3) is 5.91 Å². The summed E-state index contributed by atoms with van der Waals surface area (Å²) >= 11 is 0. The molecule has 0 saturated heterocycles. The van der Waals surface area contributed by atoms with Crippen molar-refractivity contribution in [2.75, 3.05) is 0 Å². The molecule has 0 bridgehead atoms. The Labute approximate surface area is 95.1 Å². The van der Waals surface area contributed by atoms with E-state index in [0.717, 1.165) is 19.3 Å². The topological polar surface area (TPSA) is 52.9 Å². The highest BCUT2D eigenvalue weighted by Crippen LogP contribution is 2.25. The normalized spacial score (nSPS) is 23.7. The molecule has 1 aromatic rings. The Kier molecular flexibility index (Phi) is 3.21. The Hall–Kier alpha value is -1.82. The Morgan fingerprint density at radius 2 is 2.06 bits per heavy atom. The molecular weight excluding hydrogens is 200 g/mol. The molecule has 0 heterocycles. The summed E-state index contributed by atoms with van der Waals surface area (Å²) in [6.45, 7) is 0. The van der Waals surface area contributed by atoms with Crippen molar-refractivity contribution in [1.29, 1.82) is 5.26 Å². The van der Waals surface area contributed by atoms with Crippen molar-refractivity contribution in [3.05, 3.63) is 35.9 Å². The first kappa shape index (κ1) is 10.7. The molecule has 1 fully saturated rings. The molecular formula is C13H14N2O. The van der Waals surface area contributed by atoms with Crippen LogP contribution in [-0.4, -0.2) is 11.9 Å². The van der Waals surface area contributed by atoms with Gasteiger partial charge in [0.15, 0.2) is 0 Å². The van der Waals surface area contributed by atoms with Crippen LogP contribution in [0.5, 0.6) is 0 Å². The lowest BCUT2D eigenvalue weighted by atomic mass is 10.1. The maximum Gasteiger partial charge on any atom is 0.251 e. The molecule has 2 rings (SSSR count). The van der Waals surface area contributed by atoms with Crippen molar-refractivity contribution in [2.45, 2.75) is 25.3 Å². The van der Waals surface area contributed by atoms with Gasteiger partial charge in [-0.1, -0.05) is 18.2 Å². The van der Waals surface area contributed by atoms with E-state index in [1.165, 1.54) is 0 Å². The predicted octanol–water partition coefficient (Wildman–Crippen LogP) is 2.11. The molecule has 0 aromatic heterocycles. The van der Waals surface area contributed by atoms with Crippen LogP contribution in [0.3, 0.4) is 0 Å². The summed E-state index contributed by atoms with van der Waals surface area (Å²) in [6.07, 6.45) is 2.84. The minimum absolute atomic E-state index is 0.0207. The lowest BCUT2D eigenvalue weighted by Crippen LogP contribution is -2.36. The van der Waals surface area contributed by atoms with Gasteiger partial charge in [-0.15, -0.1) is 0 Å². The molecule has 1 aromatic carbocycles. The minimum Gasteiger partial charge on any atom is -0.348 e. The molecule has 0 aliphatic heterocycles. The molecule has 3 heteroatoms. The smallest absolute Gasteiger partial charge is 0.251 e. The molecule has 1 aliphatic rings. The largest absolute Gasteiger partial charge is 0.348 e. The number of nitrogens with one attached hydrogen (secondary N) is 1. The van der Waals surface area contributed by atoms with Crippen molar-refractivity contribution < 1.29 is 4.79 Å². The molecule has 0 spiro atoms. The zero-order valence-electron chi connectivity index (χ0n) is 9.02. The third-order valence-corrected chi connectivity index (χ3v) is 3.03. The van der Waals surface area contributed by atoms with Gasteiger partial charge in [-0.25, -0.2) is 0 Å². The van der Waals surface area contributed by atoms with Gasteiger partial charge >= 0.3 is 0 Å². The van der Waals surface area contributed by atoms with Gasteiger partial charge in [0.05, 0.1) is 12.0 Å². The fraction of sp³-hybridized carbons (Fsp3) is 0.385. The van der Waals surface area contributed by atoms with E-state index in [4.69, 9.17) is 5.26 Å². The van der Waals surface area contributed by atoms with E-state index in [1.54, 1.807) is 12.1 Å². The molecule has 16 heavy (non-hydrogen) atoms. The zero-order chi connectivity index (χ0) is 11.4. The Morgan fingerprint density at radius 1 is 1.31 bits per heavy atom. The lowest BCUT2D eigenvalue weighted by molar-refractivity contribution is 0.0933. The summed E-state index contributed by atoms with van der Waals surface area (Å²) in [5.41, 5.74) is 0.658. The molecule has 1 N–H and O–H groups in total. The van der Waals surface area contributed by atoms with Crippen LogP contribution in [0.4, 0.5) is 0 Å². The Bertz CT molecular complexity index is 408. The van der Waals surface area contributed by atoms with Crippen LogP contribution in [-0.2, 0) is 0 Å². The fourth-order valence-electron chi connectivity index (χ4n) is 2.13. The van der Waals surface area contributed by atoms with Gasteiger partial charge in [0.1, 0.15) is 0 Å². The third kappa shape index (κ3) is 2.22. The highest BCUT2D eigenvalue weighted by atomic mass is 16.1. The van der Waals surface area contributed by atoms with Gasteiger partial charge in [-0.3, -0.25) is 4.79 Å². The van der Waals surface area contributed by atoms with Crippen LogP contribution in [0, 0.1) is 17.2 Å². The number of benzene rings is 1. The second kappa shape index (κ2) is 4.80. The summed E-state index contributed by atoms with van der Waals surface area (Å²) in [6, 6.07) is 11.4. The number of nitrogens with zero attached hydrogens (tertiary/aromatic N) is 1. The zero-order valence-corrected chi connectivity index (χ0v) is 9.02. The quantitative estimate of drug-likeness (QED) is 0.819. The number of amides is 1. The van der Waals surface area contributed by atoms with Gasteiger partial charge in [-0.2, -0.15) is 5.26 Å². The van der Waals surface area contributed by atoms with E-state index < -0.39 is 0 Å². The number of hydrogen-bond donors (Lipinski definition) is 1. The summed E-state index contributed by atoms with van der Waals surface area (Å²) in [7, 11) is 0. The van der Waals surface area contributed by atoms with Gasteiger partial charge in [-0.05, 0) is 31.4 Å². The third-order valence-electron chi connectivity index (χ3n) is 3.03. The number of carbonyl (C=O) groups excluding carboxylic acids is 1. The standard InChI is InChI=1S/C13H14N2O/c14-9-11-7-4-8-12(11)15-13(16)10-5-2-1-3-6-10/h1-3,5-6,11-12H,4,7-8H2,(H,15,16). The molecule has 3 nitrogen and oxygen atoms in total. The highest BCUT2D eigenvalue weighted by molar-refractivity contribution is 5.94. The van der Waals surface area contributed by atoms with Crippen molar-refractivity contribution in [1.82, 2.24) is 5.32 Å². The van der Waals surface area contributed by atoms with E-state index in [9.17, 15) is 4.79 Å². The highest BCUT2D eigenvalue weighted by Gasteiger charge is 2.28. The van der Waals surface area contributed by atoms with Crippen molar-refractivity contribution in [3.8, 4) is 6.07 Å². The average molecular weight is 214 g/mol. The maximum absolute atomic E-state index is 11.8. The number of nitriles is 1. The van der Waals surface area contributed by atoms with E-state index in [0.29, 0.717) is 5.56 Å². The Morgan fingerprint density at radius 3 is 2.75 bits per heavy atom. The molecule has 2 unspecified atom stereocenters. The summed E-state index contributed by atoms with van der Waals surface area (Å²) in [5.74, 6) is -0.0968. The van der Waals surface area contributed by atoms with Crippen LogP contribution in [0.25, 0.3) is 0 Å². The first-order valence-electron chi connectivity index (χ1n) is 5.57. The molecule has 1 saturated carbocycles. The first-order valence-corrected chi connectivity index (χ1v) is 5.57. The van der Waals surface area contributed by atoms with Crippen LogP contribution < -0.4 is 5.32 Å². The maximum atomic E-state index is 11.8. The molecule has 1 aliphatic carbocycles. The van der Waals surface area contributed by atoms with E-state index in [2.05, 4.69) is 11.4 Å². The van der Waals surface area contributed by atoms with Crippen LogP contribution in [0.15, 0.2) is 30.3 Å². The number of hydrogen-bond acceptors (Lipinski definition) is 2. The second-order valence-corrected chi connectivity index (χ2v) is 4.11. The molecule has 2 atom stereocenters. The second-order valence-electron chi connectivity index (χ2n) is 4.11. The summed E-state index contributed by atoms with van der Waals surface area (Å²) in [4.78, 5) is 11.8. The van der Waals surface area contributed by atoms with E-state index >= 15 is 0 Å². The van der Waals surface area contributed by atoms with Crippen LogP contribution >= 0.6 is 0 Å². The average Bonchev–Trinajstić information content (AvgIpc) is 2.77. The summed E-state index contributed by atoms with van der Waals surface area (Å²) in [5, 5.41) is 11.9. The Balaban J connectivity index is 2.01. The van der Waals surface area contributed by atoms with E-state index in [-0.39, 0.29) is 17.9 Å². The van der Waals surface area contributed by atoms with Crippen molar-refractivity contribution >= 4 is 5.91 Å². The van der Waals surface area contributed by atoms with Crippen LogP contribution in [0.2, 0.25) is 0 Å². The molecule has 1 amide bonds. The van der Waals surface area contributed by atoms with Gasteiger partial charge < -0.3 is 5.32 Å². The first-order chi connectivity index (χ1) is 7.81. The molecule has 82 valence electrons. The van der Waals surface area contributed by atoms with Crippen molar-refractivity contribution in [2.24, 2.45) is 5.92 Å². The SMILES string of the molecule is N#CC1CCCC1NC(=O)c1ccccc1. The number of rotatable bonds is 2. The monoisotopic (exact) mass is 214 g/mol. The predicted molar refractivity (Wildman–Crippen MR) is 60.7 cm³/mol. The summed E-state index contributed by atoms with van der Waals surface area (Å²) < 4.78 is 0.